The number of hydrogen-bond donors (Lipinski definition) is 1. The number of carbonyl (C=O) groups excluding carboxylic acids is 1. The van der Waals surface area contributed by atoms with Crippen molar-refractivity contribution in [2.75, 3.05) is 5.88 Å². The predicted octanol–water partition coefficient (Wildman–Crippen LogP) is 2.70. The second-order valence-corrected chi connectivity index (χ2v) is 3.78. The van der Waals surface area contributed by atoms with Crippen LogP contribution in [0.4, 0.5) is 0 Å². The number of rotatable bonds is 3. The Labute approximate surface area is 93.2 Å². The summed E-state index contributed by atoms with van der Waals surface area (Å²) < 4.78 is 0. The normalized spacial score (nSPS) is 12.2. The summed E-state index contributed by atoms with van der Waals surface area (Å²) in [7, 11) is 0. The van der Waals surface area contributed by atoms with E-state index in [0.717, 1.165) is 0 Å². The molecule has 0 radical (unpaired) electrons. The van der Waals surface area contributed by atoms with E-state index in [4.69, 9.17) is 23.2 Å². The molecular weight excluding hydrogens is 221 g/mol. The number of carbonyl (C=O) groups is 1. The van der Waals surface area contributed by atoms with Crippen LogP contribution in [0.2, 0.25) is 5.02 Å². The number of halogens is 2. The lowest BCUT2D eigenvalue weighted by Gasteiger charge is -2.10. The topological polar surface area (TPSA) is 29.1 Å². The van der Waals surface area contributed by atoms with E-state index in [0.29, 0.717) is 16.5 Å². The summed E-state index contributed by atoms with van der Waals surface area (Å²) in [6, 6.07) is 6.76. The number of benzene rings is 1. The molecule has 0 fully saturated rings. The van der Waals surface area contributed by atoms with E-state index in [9.17, 15) is 4.79 Å². The molecule has 14 heavy (non-hydrogen) atoms. The standard InChI is InChI=1S/C10H11Cl2NO/c1-7(6-11)13-10(14)8-3-2-4-9(12)5-8/h2-5,7H,6H2,1H3,(H,13,14). The van der Waals surface area contributed by atoms with Crippen molar-refractivity contribution in [2.24, 2.45) is 0 Å². The third-order valence-electron chi connectivity index (χ3n) is 1.70. The van der Waals surface area contributed by atoms with Gasteiger partial charge in [-0.2, -0.15) is 0 Å². The summed E-state index contributed by atoms with van der Waals surface area (Å²) in [5.74, 6) is 0.243. The molecule has 0 aromatic heterocycles. The summed E-state index contributed by atoms with van der Waals surface area (Å²) in [4.78, 5) is 11.5. The molecule has 0 aliphatic rings. The Bertz CT molecular complexity index is 328. The van der Waals surface area contributed by atoms with E-state index in [2.05, 4.69) is 5.32 Å². The second-order valence-electron chi connectivity index (χ2n) is 3.04. The molecule has 0 saturated heterocycles. The lowest BCUT2D eigenvalue weighted by Crippen LogP contribution is -2.33. The Hall–Kier alpha value is -0.730. The first-order valence-corrected chi connectivity index (χ1v) is 5.17. The van der Waals surface area contributed by atoms with Gasteiger partial charge in [0, 0.05) is 22.5 Å². The van der Waals surface area contributed by atoms with Gasteiger partial charge in [-0.05, 0) is 25.1 Å². The first-order valence-electron chi connectivity index (χ1n) is 4.26. The highest BCUT2D eigenvalue weighted by Gasteiger charge is 2.08. The van der Waals surface area contributed by atoms with E-state index >= 15 is 0 Å². The zero-order chi connectivity index (χ0) is 10.6. The number of hydrogen-bond acceptors (Lipinski definition) is 1. The van der Waals surface area contributed by atoms with Gasteiger partial charge in [0.05, 0.1) is 0 Å². The minimum atomic E-state index is -0.152. The van der Waals surface area contributed by atoms with Crippen LogP contribution in [0.3, 0.4) is 0 Å². The van der Waals surface area contributed by atoms with Gasteiger partial charge in [0.25, 0.3) is 5.91 Å². The van der Waals surface area contributed by atoms with Crippen LogP contribution in [0.15, 0.2) is 24.3 Å². The van der Waals surface area contributed by atoms with Crippen molar-refractivity contribution >= 4 is 29.1 Å². The molecule has 0 aliphatic carbocycles. The fraction of sp³-hybridized carbons (Fsp3) is 0.300. The largest absolute Gasteiger partial charge is 0.348 e. The third-order valence-corrected chi connectivity index (χ3v) is 2.39. The Morgan fingerprint density at radius 2 is 2.29 bits per heavy atom. The molecular formula is C10H11Cl2NO. The molecule has 1 atom stereocenters. The van der Waals surface area contributed by atoms with Crippen molar-refractivity contribution in [3.05, 3.63) is 34.9 Å². The van der Waals surface area contributed by atoms with Gasteiger partial charge in [-0.25, -0.2) is 0 Å². The summed E-state index contributed by atoms with van der Waals surface area (Å²) >= 11 is 11.3. The van der Waals surface area contributed by atoms with Gasteiger partial charge in [0.1, 0.15) is 0 Å². The zero-order valence-corrected chi connectivity index (χ0v) is 9.27. The quantitative estimate of drug-likeness (QED) is 0.797. The minimum absolute atomic E-state index is 0.0388. The van der Waals surface area contributed by atoms with Crippen LogP contribution in [0.1, 0.15) is 17.3 Å². The van der Waals surface area contributed by atoms with Gasteiger partial charge in [-0.15, -0.1) is 11.6 Å². The van der Waals surface area contributed by atoms with Crippen LogP contribution >= 0.6 is 23.2 Å². The Morgan fingerprint density at radius 1 is 1.57 bits per heavy atom. The number of nitrogens with one attached hydrogen (secondary N) is 1. The molecule has 76 valence electrons. The average molecular weight is 232 g/mol. The Balaban J connectivity index is 2.70. The Kier molecular flexibility index (Phi) is 4.23. The maximum atomic E-state index is 11.5. The van der Waals surface area contributed by atoms with Crippen LogP contribution in [-0.2, 0) is 0 Å². The third kappa shape index (κ3) is 3.20. The summed E-state index contributed by atoms with van der Waals surface area (Å²) in [5.41, 5.74) is 0.550. The minimum Gasteiger partial charge on any atom is -0.348 e. The van der Waals surface area contributed by atoms with Crippen molar-refractivity contribution in [1.82, 2.24) is 5.32 Å². The van der Waals surface area contributed by atoms with Crippen LogP contribution in [-0.4, -0.2) is 17.8 Å². The van der Waals surface area contributed by atoms with Gasteiger partial charge in [-0.1, -0.05) is 17.7 Å². The summed E-state index contributed by atoms with van der Waals surface area (Å²) in [5, 5.41) is 3.30. The predicted molar refractivity (Wildman–Crippen MR) is 59.1 cm³/mol. The van der Waals surface area contributed by atoms with Crippen LogP contribution in [0.5, 0.6) is 0 Å². The highest BCUT2D eigenvalue weighted by molar-refractivity contribution is 6.31. The van der Waals surface area contributed by atoms with Crippen LogP contribution in [0, 0.1) is 0 Å². The first kappa shape index (κ1) is 11.3. The van der Waals surface area contributed by atoms with Crippen molar-refractivity contribution in [2.45, 2.75) is 13.0 Å². The van der Waals surface area contributed by atoms with Crippen molar-refractivity contribution in [3.63, 3.8) is 0 Å². The molecule has 1 amide bonds. The monoisotopic (exact) mass is 231 g/mol. The molecule has 1 aromatic rings. The summed E-state index contributed by atoms with van der Waals surface area (Å²) in [6.45, 7) is 1.84. The van der Waals surface area contributed by atoms with E-state index in [1.165, 1.54) is 0 Å². The van der Waals surface area contributed by atoms with E-state index in [1.54, 1.807) is 24.3 Å². The molecule has 0 saturated carbocycles. The molecule has 2 nitrogen and oxygen atoms in total. The van der Waals surface area contributed by atoms with Crippen molar-refractivity contribution in [1.29, 1.82) is 0 Å². The van der Waals surface area contributed by atoms with Crippen molar-refractivity contribution in [3.8, 4) is 0 Å². The van der Waals surface area contributed by atoms with Gasteiger partial charge >= 0.3 is 0 Å². The Morgan fingerprint density at radius 3 is 2.86 bits per heavy atom. The van der Waals surface area contributed by atoms with E-state index in [1.807, 2.05) is 6.92 Å². The zero-order valence-electron chi connectivity index (χ0n) is 7.76. The fourth-order valence-corrected chi connectivity index (χ4v) is 1.24. The molecule has 1 unspecified atom stereocenters. The molecule has 1 rings (SSSR count). The molecule has 0 spiro atoms. The summed E-state index contributed by atoms with van der Waals surface area (Å²) in [6.07, 6.45) is 0. The van der Waals surface area contributed by atoms with Gasteiger partial charge < -0.3 is 5.32 Å². The smallest absolute Gasteiger partial charge is 0.251 e. The van der Waals surface area contributed by atoms with Gasteiger partial charge in [0.2, 0.25) is 0 Å². The van der Waals surface area contributed by atoms with E-state index in [-0.39, 0.29) is 11.9 Å². The highest BCUT2D eigenvalue weighted by atomic mass is 35.5. The van der Waals surface area contributed by atoms with Crippen LogP contribution < -0.4 is 5.32 Å². The molecule has 1 aromatic carbocycles. The average Bonchev–Trinajstić information content (AvgIpc) is 2.17. The second kappa shape index (κ2) is 5.23. The number of amides is 1. The molecule has 0 heterocycles. The highest BCUT2D eigenvalue weighted by Crippen LogP contribution is 2.10. The van der Waals surface area contributed by atoms with E-state index < -0.39 is 0 Å². The molecule has 0 bridgehead atoms. The molecule has 0 aliphatic heterocycles. The van der Waals surface area contributed by atoms with Crippen molar-refractivity contribution < 1.29 is 4.79 Å². The molecule has 1 N–H and O–H groups in total. The number of alkyl halides is 1. The van der Waals surface area contributed by atoms with Gasteiger partial charge in [0.15, 0.2) is 0 Å². The SMILES string of the molecule is CC(CCl)NC(=O)c1cccc(Cl)c1. The maximum absolute atomic E-state index is 11.5. The fourth-order valence-electron chi connectivity index (χ4n) is 0.975. The lowest BCUT2D eigenvalue weighted by molar-refractivity contribution is 0.0943. The first-order chi connectivity index (χ1) is 6.63. The van der Waals surface area contributed by atoms with Crippen LogP contribution in [0.25, 0.3) is 0 Å². The maximum Gasteiger partial charge on any atom is 0.251 e. The lowest BCUT2D eigenvalue weighted by atomic mass is 10.2. The van der Waals surface area contributed by atoms with Gasteiger partial charge in [-0.3, -0.25) is 4.79 Å². The molecule has 4 heteroatoms.